The molecule has 1 aliphatic carbocycles. The molecule has 2 rings (SSSR count). The summed E-state index contributed by atoms with van der Waals surface area (Å²) in [4.78, 5) is 0. The van der Waals surface area contributed by atoms with Crippen LogP contribution >= 0.6 is 0 Å². The summed E-state index contributed by atoms with van der Waals surface area (Å²) in [6.07, 6.45) is 3.75. The smallest absolute Gasteiger partial charge is 0.123 e. The number of hydrogen-bond donors (Lipinski definition) is 1. The van der Waals surface area contributed by atoms with Crippen molar-refractivity contribution in [2.75, 3.05) is 13.1 Å². The van der Waals surface area contributed by atoms with Crippen LogP contribution in [0.4, 0.5) is 4.39 Å². The van der Waals surface area contributed by atoms with E-state index in [0.29, 0.717) is 5.41 Å². The third kappa shape index (κ3) is 3.29. The number of nitrogens with one attached hydrogen (secondary N) is 1. The van der Waals surface area contributed by atoms with E-state index in [1.165, 1.54) is 18.4 Å². The lowest BCUT2D eigenvalue weighted by atomic mass is 9.79. The SMILES string of the molecule is CCNCC(C)(Cc1ccc(F)cc1)C1CC1. The third-order valence-corrected chi connectivity index (χ3v) is 3.86. The summed E-state index contributed by atoms with van der Waals surface area (Å²) in [6.45, 7) is 6.58. The molecule has 0 aliphatic heterocycles. The molecular weight excluding hydrogens is 213 g/mol. The van der Waals surface area contributed by atoms with Crippen LogP contribution in [0.15, 0.2) is 24.3 Å². The van der Waals surface area contributed by atoms with Crippen LogP contribution in [0.3, 0.4) is 0 Å². The number of halogens is 1. The van der Waals surface area contributed by atoms with Crippen LogP contribution in [0, 0.1) is 17.2 Å². The first-order valence-electron chi connectivity index (χ1n) is 6.59. The lowest BCUT2D eigenvalue weighted by Gasteiger charge is -2.30. The molecule has 0 spiro atoms. The highest BCUT2D eigenvalue weighted by Gasteiger charge is 2.40. The van der Waals surface area contributed by atoms with Gasteiger partial charge in [-0.3, -0.25) is 0 Å². The number of benzene rings is 1. The summed E-state index contributed by atoms with van der Waals surface area (Å²) in [5.74, 6) is 0.695. The standard InChI is InChI=1S/C15H22FN/c1-3-17-11-15(2,13-6-7-13)10-12-4-8-14(16)9-5-12/h4-5,8-9,13,17H,3,6-7,10-11H2,1-2H3. The van der Waals surface area contributed by atoms with Crippen LogP contribution in [-0.2, 0) is 6.42 Å². The molecule has 1 unspecified atom stereocenters. The Labute approximate surface area is 103 Å². The van der Waals surface area contributed by atoms with Crippen molar-refractivity contribution in [2.24, 2.45) is 11.3 Å². The highest BCUT2D eigenvalue weighted by molar-refractivity contribution is 5.18. The van der Waals surface area contributed by atoms with E-state index in [9.17, 15) is 4.39 Å². The van der Waals surface area contributed by atoms with Crippen LogP contribution in [0.1, 0.15) is 32.3 Å². The maximum absolute atomic E-state index is 12.9. The molecule has 1 aliphatic rings. The second-order valence-electron chi connectivity index (χ2n) is 5.51. The highest BCUT2D eigenvalue weighted by atomic mass is 19.1. The molecule has 0 amide bonds. The molecule has 0 aromatic heterocycles. The van der Waals surface area contributed by atoms with Crippen molar-refractivity contribution < 1.29 is 4.39 Å². The average Bonchev–Trinajstić information content (AvgIpc) is 3.14. The summed E-state index contributed by atoms with van der Waals surface area (Å²) in [5, 5.41) is 3.47. The van der Waals surface area contributed by atoms with Gasteiger partial charge in [0.25, 0.3) is 0 Å². The Morgan fingerprint density at radius 1 is 1.29 bits per heavy atom. The molecule has 0 heterocycles. The second kappa shape index (κ2) is 5.18. The van der Waals surface area contributed by atoms with Crippen molar-refractivity contribution in [3.05, 3.63) is 35.6 Å². The van der Waals surface area contributed by atoms with Crippen LogP contribution < -0.4 is 5.32 Å². The van der Waals surface area contributed by atoms with Gasteiger partial charge in [-0.2, -0.15) is 0 Å². The Bertz CT molecular complexity index is 356. The molecule has 1 nitrogen and oxygen atoms in total. The van der Waals surface area contributed by atoms with Gasteiger partial charge < -0.3 is 5.32 Å². The minimum atomic E-state index is -0.145. The molecular formula is C15H22FN. The predicted octanol–water partition coefficient (Wildman–Crippen LogP) is 3.39. The van der Waals surface area contributed by atoms with E-state index in [0.717, 1.165) is 25.4 Å². The molecule has 94 valence electrons. The van der Waals surface area contributed by atoms with Gasteiger partial charge in [0.05, 0.1) is 0 Å². The summed E-state index contributed by atoms with van der Waals surface area (Å²) in [5.41, 5.74) is 1.58. The van der Waals surface area contributed by atoms with Gasteiger partial charge in [-0.1, -0.05) is 26.0 Å². The molecule has 1 aromatic carbocycles. The topological polar surface area (TPSA) is 12.0 Å². The van der Waals surface area contributed by atoms with Crippen molar-refractivity contribution >= 4 is 0 Å². The van der Waals surface area contributed by atoms with Gasteiger partial charge in [0.15, 0.2) is 0 Å². The molecule has 0 radical (unpaired) electrons. The minimum Gasteiger partial charge on any atom is -0.316 e. The van der Waals surface area contributed by atoms with E-state index in [1.54, 1.807) is 12.1 Å². The molecule has 2 heteroatoms. The molecule has 0 bridgehead atoms. The van der Waals surface area contributed by atoms with Gasteiger partial charge in [0.1, 0.15) is 5.82 Å². The Morgan fingerprint density at radius 2 is 1.94 bits per heavy atom. The minimum absolute atomic E-state index is 0.145. The maximum atomic E-state index is 12.9. The molecule has 1 aromatic rings. The monoisotopic (exact) mass is 235 g/mol. The van der Waals surface area contributed by atoms with Crippen LogP contribution in [0.5, 0.6) is 0 Å². The van der Waals surface area contributed by atoms with E-state index in [4.69, 9.17) is 0 Å². The Hall–Kier alpha value is -0.890. The lowest BCUT2D eigenvalue weighted by molar-refractivity contribution is 0.258. The molecule has 0 saturated heterocycles. The molecule has 1 fully saturated rings. The van der Waals surface area contributed by atoms with E-state index in [2.05, 4.69) is 19.2 Å². The van der Waals surface area contributed by atoms with Gasteiger partial charge in [-0.05, 0) is 54.8 Å². The van der Waals surface area contributed by atoms with E-state index in [1.807, 2.05) is 12.1 Å². The first kappa shape index (κ1) is 12.6. The van der Waals surface area contributed by atoms with Crippen LogP contribution in [-0.4, -0.2) is 13.1 Å². The highest BCUT2D eigenvalue weighted by Crippen LogP contribution is 2.47. The van der Waals surface area contributed by atoms with Crippen molar-refractivity contribution in [3.63, 3.8) is 0 Å². The largest absolute Gasteiger partial charge is 0.316 e. The quantitative estimate of drug-likeness (QED) is 0.797. The summed E-state index contributed by atoms with van der Waals surface area (Å²) in [7, 11) is 0. The van der Waals surface area contributed by atoms with Crippen molar-refractivity contribution in [1.82, 2.24) is 5.32 Å². The lowest BCUT2D eigenvalue weighted by Crippen LogP contribution is -2.35. The van der Waals surface area contributed by atoms with Gasteiger partial charge in [-0.25, -0.2) is 4.39 Å². The van der Waals surface area contributed by atoms with Crippen LogP contribution in [0.25, 0.3) is 0 Å². The fourth-order valence-corrected chi connectivity index (χ4v) is 2.61. The number of hydrogen-bond acceptors (Lipinski definition) is 1. The van der Waals surface area contributed by atoms with Crippen molar-refractivity contribution in [1.29, 1.82) is 0 Å². The van der Waals surface area contributed by atoms with Gasteiger partial charge in [-0.15, -0.1) is 0 Å². The first-order valence-corrected chi connectivity index (χ1v) is 6.59. The second-order valence-corrected chi connectivity index (χ2v) is 5.51. The van der Waals surface area contributed by atoms with Gasteiger partial charge in [0.2, 0.25) is 0 Å². The first-order chi connectivity index (χ1) is 8.14. The van der Waals surface area contributed by atoms with Gasteiger partial charge in [0, 0.05) is 6.54 Å². The molecule has 17 heavy (non-hydrogen) atoms. The Balaban J connectivity index is 2.04. The Morgan fingerprint density at radius 3 is 2.47 bits per heavy atom. The fraction of sp³-hybridized carbons (Fsp3) is 0.600. The van der Waals surface area contributed by atoms with Crippen LogP contribution in [0.2, 0.25) is 0 Å². The van der Waals surface area contributed by atoms with Crippen molar-refractivity contribution in [2.45, 2.75) is 33.1 Å². The molecule has 1 saturated carbocycles. The van der Waals surface area contributed by atoms with E-state index < -0.39 is 0 Å². The van der Waals surface area contributed by atoms with Crippen molar-refractivity contribution in [3.8, 4) is 0 Å². The number of rotatable bonds is 6. The summed E-state index contributed by atoms with van der Waals surface area (Å²) < 4.78 is 12.9. The summed E-state index contributed by atoms with van der Waals surface area (Å²) in [6, 6.07) is 6.97. The maximum Gasteiger partial charge on any atom is 0.123 e. The zero-order valence-electron chi connectivity index (χ0n) is 10.8. The molecule has 1 atom stereocenters. The van der Waals surface area contributed by atoms with E-state index >= 15 is 0 Å². The van der Waals surface area contributed by atoms with E-state index in [-0.39, 0.29) is 5.82 Å². The average molecular weight is 235 g/mol. The summed E-state index contributed by atoms with van der Waals surface area (Å²) >= 11 is 0. The molecule has 1 N–H and O–H groups in total. The normalized spacial score (nSPS) is 19.0. The zero-order chi connectivity index (χ0) is 12.3. The third-order valence-electron chi connectivity index (χ3n) is 3.86. The van der Waals surface area contributed by atoms with Gasteiger partial charge >= 0.3 is 0 Å². The zero-order valence-corrected chi connectivity index (χ0v) is 10.8. The predicted molar refractivity (Wildman–Crippen MR) is 69.5 cm³/mol. The fourth-order valence-electron chi connectivity index (χ4n) is 2.61. The Kier molecular flexibility index (Phi) is 3.82.